The van der Waals surface area contributed by atoms with E-state index in [0.29, 0.717) is 25.7 Å². The predicted molar refractivity (Wildman–Crippen MR) is 395 cm³/mol. The zero-order chi connectivity index (χ0) is 71.2. The number of phosphoric acid groups is 2. The number of ether oxygens (including phenoxy) is 4. The summed E-state index contributed by atoms with van der Waals surface area (Å²) in [5.41, 5.74) is 0. The lowest BCUT2D eigenvalue weighted by atomic mass is 10.0. The quantitative estimate of drug-likeness (QED) is 0.0222. The van der Waals surface area contributed by atoms with Gasteiger partial charge in [-0.25, -0.2) is 9.13 Å². The first-order valence-electron chi connectivity index (χ1n) is 40.6. The van der Waals surface area contributed by atoms with Crippen molar-refractivity contribution in [3.8, 4) is 0 Å². The van der Waals surface area contributed by atoms with Crippen molar-refractivity contribution in [1.82, 2.24) is 0 Å². The Morgan fingerprint density at radius 1 is 0.278 bits per heavy atom. The van der Waals surface area contributed by atoms with Gasteiger partial charge in [-0.15, -0.1) is 0 Å². The first-order chi connectivity index (χ1) is 47.0. The lowest BCUT2D eigenvalue weighted by molar-refractivity contribution is -0.161. The van der Waals surface area contributed by atoms with Crippen LogP contribution < -0.4 is 0 Å². The fourth-order valence-corrected chi connectivity index (χ4v) is 13.6. The highest BCUT2D eigenvalue weighted by Gasteiger charge is 2.30. The molecule has 0 amide bonds. The molecular formula is C78H152O17P2. The van der Waals surface area contributed by atoms with Gasteiger partial charge in [0.15, 0.2) is 12.2 Å². The van der Waals surface area contributed by atoms with Gasteiger partial charge in [-0.05, 0) is 31.6 Å². The maximum atomic E-state index is 13.1. The smallest absolute Gasteiger partial charge is 0.462 e. The maximum absolute atomic E-state index is 13.1. The van der Waals surface area contributed by atoms with Crippen molar-refractivity contribution in [3.63, 3.8) is 0 Å². The Kier molecular flexibility index (Phi) is 69.6. The van der Waals surface area contributed by atoms with E-state index >= 15 is 0 Å². The number of esters is 4. The molecule has 576 valence electrons. The van der Waals surface area contributed by atoms with Crippen LogP contribution in [0.4, 0.5) is 0 Å². The van der Waals surface area contributed by atoms with E-state index in [2.05, 4.69) is 34.6 Å². The molecule has 5 atom stereocenters. The van der Waals surface area contributed by atoms with Gasteiger partial charge in [-0.1, -0.05) is 362 Å². The molecule has 0 aliphatic rings. The van der Waals surface area contributed by atoms with E-state index in [9.17, 15) is 43.2 Å². The Morgan fingerprint density at radius 3 is 0.701 bits per heavy atom. The van der Waals surface area contributed by atoms with Crippen LogP contribution in [0, 0.1) is 5.92 Å². The van der Waals surface area contributed by atoms with Crippen molar-refractivity contribution in [2.45, 2.75) is 432 Å². The number of rotatable bonds is 78. The number of carbonyl (C=O) groups is 4. The first kappa shape index (κ1) is 95.1. The summed E-state index contributed by atoms with van der Waals surface area (Å²) in [5.74, 6) is -1.29. The topological polar surface area (TPSA) is 237 Å². The molecule has 0 heterocycles. The second-order valence-electron chi connectivity index (χ2n) is 28.6. The van der Waals surface area contributed by atoms with Gasteiger partial charge in [0.1, 0.15) is 19.3 Å². The van der Waals surface area contributed by atoms with Crippen molar-refractivity contribution in [2.24, 2.45) is 5.92 Å². The number of phosphoric ester groups is 2. The van der Waals surface area contributed by atoms with Gasteiger partial charge in [-0.3, -0.25) is 37.3 Å². The largest absolute Gasteiger partial charge is 0.472 e. The minimum absolute atomic E-state index is 0.108. The average Bonchev–Trinajstić information content (AvgIpc) is 1.52. The zero-order valence-electron chi connectivity index (χ0n) is 63.2. The molecule has 97 heavy (non-hydrogen) atoms. The first-order valence-corrected chi connectivity index (χ1v) is 43.6. The molecular weight excluding hydrogens is 1270 g/mol. The van der Waals surface area contributed by atoms with Crippen LogP contribution in [-0.2, 0) is 65.4 Å². The summed E-state index contributed by atoms with van der Waals surface area (Å²) in [6, 6.07) is 0. The molecule has 17 nitrogen and oxygen atoms in total. The second kappa shape index (κ2) is 71.1. The molecule has 0 bridgehead atoms. The number of hydrogen-bond donors (Lipinski definition) is 3. The van der Waals surface area contributed by atoms with Gasteiger partial charge in [0.25, 0.3) is 0 Å². The zero-order valence-corrected chi connectivity index (χ0v) is 65.0. The molecule has 0 aliphatic carbocycles. The highest BCUT2D eigenvalue weighted by molar-refractivity contribution is 7.47. The van der Waals surface area contributed by atoms with Crippen molar-refractivity contribution in [2.75, 3.05) is 39.6 Å². The van der Waals surface area contributed by atoms with Crippen LogP contribution in [0.1, 0.15) is 413 Å². The van der Waals surface area contributed by atoms with Crippen LogP contribution in [-0.4, -0.2) is 96.7 Å². The summed E-state index contributed by atoms with van der Waals surface area (Å²) in [6.45, 7) is 7.34. The highest BCUT2D eigenvalue weighted by atomic mass is 31.2. The molecule has 0 radical (unpaired) electrons. The number of carbonyl (C=O) groups excluding carboxylic acids is 4. The fourth-order valence-electron chi connectivity index (χ4n) is 12.1. The molecule has 0 saturated carbocycles. The minimum Gasteiger partial charge on any atom is -0.462 e. The van der Waals surface area contributed by atoms with Gasteiger partial charge in [-0.2, -0.15) is 0 Å². The molecule has 19 heteroatoms. The number of aliphatic hydroxyl groups is 1. The average molecular weight is 1420 g/mol. The summed E-state index contributed by atoms with van der Waals surface area (Å²) >= 11 is 0. The number of hydrogen-bond acceptors (Lipinski definition) is 15. The van der Waals surface area contributed by atoms with Crippen molar-refractivity contribution >= 4 is 39.5 Å². The van der Waals surface area contributed by atoms with Gasteiger partial charge < -0.3 is 33.8 Å². The molecule has 0 aromatic heterocycles. The monoisotopic (exact) mass is 1420 g/mol. The Bertz CT molecular complexity index is 1860. The second-order valence-corrected chi connectivity index (χ2v) is 31.5. The number of unbranched alkanes of at least 4 members (excludes halogenated alkanes) is 50. The standard InChI is InChI=1S/C78H152O17P2/c1-6-9-12-15-18-21-24-32-38-42-47-52-57-62-76(81)89-68-74(95-78(83)64-59-54-49-44-39-34-31-29-27-26-28-30-33-36-40-45-50-55-60-71(4)5)70-93-97(86,87)91-66-72(79)65-90-96(84,85)92-69-73(67-88-75(80)61-56-51-46-41-35-23-20-17-14-11-8-3)94-77(82)63-58-53-48-43-37-25-22-19-16-13-10-7-2/h71-74,79H,6-70H2,1-5H3,(H,84,85)(H,86,87)/t72-,73+,74+/m0/s1. The predicted octanol–water partition coefficient (Wildman–Crippen LogP) is 23.3. The summed E-state index contributed by atoms with van der Waals surface area (Å²) in [6.07, 6.45) is 60.9. The third kappa shape index (κ3) is 72.2. The SMILES string of the molecule is CCCCCCCCCCCCCCCC(=O)OC[C@H](COP(=O)(O)OC[C@@H](O)COP(=O)(O)OC[C@@H](COC(=O)CCCCCCCCCCCCC)OC(=O)CCCCCCCCCCCCCC)OC(=O)CCCCCCCCCCCCCCCCCCCCC(C)C. The molecule has 2 unspecified atom stereocenters. The van der Waals surface area contributed by atoms with Crippen LogP contribution in [0.5, 0.6) is 0 Å². The van der Waals surface area contributed by atoms with Crippen LogP contribution >= 0.6 is 15.6 Å². The number of aliphatic hydroxyl groups excluding tert-OH is 1. The van der Waals surface area contributed by atoms with Gasteiger partial charge in [0, 0.05) is 25.7 Å². The van der Waals surface area contributed by atoms with Crippen molar-refractivity contribution in [3.05, 3.63) is 0 Å². The van der Waals surface area contributed by atoms with Gasteiger partial charge >= 0.3 is 39.5 Å². The molecule has 0 rings (SSSR count). The fraction of sp³-hybridized carbons (Fsp3) is 0.949. The Labute approximate surface area is 594 Å². The lowest BCUT2D eigenvalue weighted by Gasteiger charge is -2.21. The van der Waals surface area contributed by atoms with E-state index in [-0.39, 0.29) is 25.7 Å². The van der Waals surface area contributed by atoms with Crippen molar-refractivity contribution in [1.29, 1.82) is 0 Å². The third-order valence-corrected chi connectivity index (χ3v) is 20.2. The van der Waals surface area contributed by atoms with E-state index < -0.39 is 97.5 Å². The summed E-state index contributed by atoms with van der Waals surface area (Å²) in [4.78, 5) is 72.9. The molecule has 0 saturated heterocycles. The van der Waals surface area contributed by atoms with E-state index in [1.807, 2.05) is 0 Å². The molecule has 0 aromatic rings. The minimum atomic E-state index is -4.96. The van der Waals surface area contributed by atoms with Crippen molar-refractivity contribution < 1.29 is 80.2 Å². The molecule has 3 N–H and O–H groups in total. The van der Waals surface area contributed by atoms with E-state index in [1.165, 1.54) is 238 Å². The van der Waals surface area contributed by atoms with Crippen LogP contribution in [0.2, 0.25) is 0 Å². The van der Waals surface area contributed by atoms with Gasteiger partial charge in [0.2, 0.25) is 0 Å². The maximum Gasteiger partial charge on any atom is 0.472 e. The molecule has 0 spiro atoms. The Balaban J connectivity index is 5.20. The third-order valence-electron chi connectivity index (χ3n) is 18.3. The summed E-state index contributed by atoms with van der Waals surface area (Å²) in [7, 11) is -9.91. The normalized spacial score (nSPS) is 13.9. The summed E-state index contributed by atoms with van der Waals surface area (Å²) in [5, 5.41) is 10.6. The Hall–Kier alpha value is -1.94. The lowest BCUT2D eigenvalue weighted by Crippen LogP contribution is -2.30. The molecule has 0 aromatic carbocycles. The van der Waals surface area contributed by atoms with Crippen LogP contribution in [0.15, 0.2) is 0 Å². The van der Waals surface area contributed by atoms with E-state index in [1.54, 1.807) is 0 Å². The van der Waals surface area contributed by atoms with Crippen LogP contribution in [0.3, 0.4) is 0 Å². The highest BCUT2D eigenvalue weighted by Crippen LogP contribution is 2.45. The van der Waals surface area contributed by atoms with Gasteiger partial charge in [0.05, 0.1) is 26.4 Å². The van der Waals surface area contributed by atoms with E-state index in [4.69, 9.17) is 37.0 Å². The van der Waals surface area contributed by atoms with E-state index in [0.717, 1.165) is 95.8 Å². The Morgan fingerprint density at radius 2 is 0.474 bits per heavy atom. The van der Waals surface area contributed by atoms with Crippen LogP contribution in [0.25, 0.3) is 0 Å². The summed E-state index contributed by atoms with van der Waals surface area (Å²) < 4.78 is 68.6. The molecule has 0 fully saturated rings. The molecule has 0 aliphatic heterocycles.